The predicted molar refractivity (Wildman–Crippen MR) is 112 cm³/mol. The molecule has 150 valence electrons. The summed E-state index contributed by atoms with van der Waals surface area (Å²) in [4.78, 5) is 47.2. The lowest BCUT2D eigenvalue weighted by Crippen LogP contribution is -2.15. The first-order chi connectivity index (χ1) is 14.3. The van der Waals surface area contributed by atoms with Crippen molar-refractivity contribution in [3.8, 4) is 0 Å². The van der Waals surface area contributed by atoms with E-state index in [2.05, 4.69) is 10.6 Å². The first-order valence-corrected chi connectivity index (χ1v) is 8.92. The van der Waals surface area contributed by atoms with Crippen LogP contribution in [-0.4, -0.2) is 22.5 Å². The van der Waals surface area contributed by atoms with Crippen molar-refractivity contribution in [1.29, 1.82) is 0 Å². The van der Waals surface area contributed by atoms with Crippen LogP contribution >= 0.6 is 0 Å². The molecule has 0 atom stereocenters. The van der Waals surface area contributed by atoms with E-state index in [-0.39, 0.29) is 22.8 Å². The van der Waals surface area contributed by atoms with E-state index in [4.69, 9.17) is 0 Å². The zero-order valence-corrected chi connectivity index (χ0v) is 15.9. The molecule has 0 bridgehead atoms. The number of benzene rings is 3. The van der Waals surface area contributed by atoms with E-state index >= 15 is 0 Å². The molecule has 3 rings (SSSR count). The fourth-order valence-electron chi connectivity index (χ4n) is 2.79. The number of nitrogens with one attached hydrogen (secondary N) is 2. The van der Waals surface area contributed by atoms with Crippen LogP contribution in [-0.2, 0) is 4.79 Å². The summed E-state index contributed by atoms with van der Waals surface area (Å²) in [5.74, 6) is -1.18. The van der Waals surface area contributed by atoms with E-state index in [9.17, 15) is 24.5 Å². The van der Waals surface area contributed by atoms with Gasteiger partial charge in [-0.3, -0.25) is 24.5 Å². The SMILES string of the molecule is CC(=O)Nc1ccc(C(=O)Nc2ccc([N+](=O)[O-])cc2C(=O)c2ccccc2)cc1. The molecule has 2 amide bonds. The molecule has 0 saturated heterocycles. The highest BCUT2D eigenvalue weighted by atomic mass is 16.6. The highest BCUT2D eigenvalue weighted by molar-refractivity contribution is 6.15. The summed E-state index contributed by atoms with van der Waals surface area (Å²) in [6, 6.07) is 18.2. The van der Waals surface area contributed by atoms with Gasteiger partial charge in [-0.25, -0.2) is 0 Å². The lowest BCUT2D eigenvalue weighted by Gasteiger charge is -2.11. The van der Waals surface area contributed by atoms with Crippen LogP contribution in [0.15, 0.2) is 72.8 Å². The molecule has 0 saturated carbocycles. The van der Waals surface area contributed by atoms with Crippen LogP contribution in [0.4, 0.5) is 17.1 Å². The van der Waals surface area contributed by atoms with E-state index in [1.807, 2.05) is 0 Å². The molecule has 0 aliphatic carbocycles. The second kappa shape index (κ2) is 8.78. The standard InChI is InChI=1S/C22H17N3O5/c1-14(26)23-17-9-7-16(8-10-17)22(28)24-20-12-11-18(25(29)30)13-19(20)21(27)15-5-3-2-4-6-15/h2-13H,1H3,(H,23,26)(H,24,28). The van der Waals surface area contributed by atoms with Crippen LogP contribution in [0.1, 0.15) is 33.2 Å². The van der Waals surface area contributed by atoms with Crippen molar-refractivity contribution in [2.45, 2.75) is 6.92 Å². The van der Waals surface area contributed by atoms with Crippen molar-refractivity contribution in [2.75, 3.05) is 10.6 Å². The van der Waals surface area contributed by atoms with E-state index in [1.165, 1.54) is 31.2 Å². The average molecular weight is 403 g/mol. The normalized spacial score (nSPS) is 10.2. The van der Waals surface area contributed by atoms with Crippen molar-refractivity contribution >= 4 is 34.7 Å². The monoisotopic (exact) mass is 403 g/mol. The molecule has 8 heteroatoms. The number of nitro groups is 1. The number of hydrogen-bond acceptors (Lipinski definition) is 5. The molecule has 0 aliphatic rings. The number of anilines is 2. The minimum atomic E-state index is -0.603. The summed E-state index contributed by atoms with van der Waals surface area (Å²) in [6.45, 7) is 1.38. The van der Waals surface area contributed by atoms with Crippen LogP contribution in [0, 0.1) is 10.1 Å². The number of nitro benzene ring substituents is 1. The topological polar surface area (TPSA) is 118 Å². The minimum absolute atomic E-state index is 0.0126. The van der Waals surface area contributed by atoms with Crippen molar-refractivity contribution in [2.24, 2.45) is 0 Å². The maximum atomic E-state index is 12.9. The summed E-state index contributed by atoms with van der Waals surface area (Å²) in [7, 11) is 0. The van der Waals surface area contributed by atoms with Gasteiger partial charge in [0.2, 0.25) is 5.91 Å². The van der Waals surface area contributed by atoms with Gasteiger partial charge in [-0.1, -0.05) is 30.3 Å². The molecule has 0 heterocycles. The number of nitrogens with zero attached hydrogens (tertiary/aromatic N) is 1. The molecule has 8 nitrogen and oxygen atoms in total. The van der Waals surface area contributed by atoms with Gasteiger partial charge in [-0.2, -0.15) is 0 Å². The minimum Gasteiger partial charge on any atom is -0.326 e. The highest BCUT2D eigenvalue weighted by Gasteiger charge is 2.20. The van der Waals surface area contributed by atoms with Gasteiger partial charge in [0, 0.05) is 35.9 Å². The number of carbonyl (C=O) groups is 3. The third kappa shape index (κ3) is 4.74. The Morgan fingerprint density at radius 3 is 2.10 bits per heavy atom. The van der Waals surface area contributed by atoms with Gasteiger partial charge in [-0.05, 0) is 30.3 Å². The number of amides is 2. The second-order valence-electron chi connectivity index (χ2n) is 6.39. The van der Waals surface area contributed by atoms with Gasteiger partial charge in [-0.15, -0.1) is 0 Å². The molecule has 0 aromatic heterocycles. The van der Waals surface area contributed by atoms with E-state index in [0.29, 0.717) is 16.8 Å². The van der Waals surface area contributed by atoms with Crippen LogP contribution in [0.2, 0.25) is 0 Å². The average Bonchev–Trinajstić information content (AvgIpc) is 2.74. The van der Waals surface area contributed by atoms with Gasteiger partial charge >= 0.3 is 0 Å². The van der Waals surface area contributed by atoms with Gasteiger partial charge in [0.1, 0.15) is 0 Å². The van der Waals surface area contributed by atoms with Crippen molar-refractivity contribution < 1.29 is 19.3 Å². The molecule has 0 unspecified atom stereocenters. The predicted octanol–water partition coefficient (Wildman–Crippen LogP) is 4.04. The Morgan fingerprint density at radius 2 is 1.50 bits per heavy atom. The van der Waals surface area contributed by atoms with Gasteiger partial charge < -0.3 is 10.6 Å². The highest BCUT2D eigenvalue weighted by Crippen LogP contribution is 2.25. The Hall–Kier alpha value is -4.33. The maximum absolute atomic E-state index is 12.9. The van der Waals surface area contributed by atoms with Crippen molar-refractivity contribution in [3.05, 3.63) is 99.6 Å². The van der Waals surface area contributed by atoms with Crippen LogP contribution in [0.25, 0.3) is 0 Å². The summed E-state index contributed by atoms with van der Waals surface area (Å²) in [6.07, 6.45) is 0. The quantitative estimate of drug-likeness (QED) is 0.366. The molecule has 0 aliphatic heterocycles. The zero-order valence-electron chi connectivity index (χ0n) is 15.9. The van der Waals surface area contributed by atoms with Crippen LogP contribution < -0.4 is 10.6 Å². The third-order valence-electron chi connectivity index (χ3n) is 4.21. The molecule has 0 spiro atoms. The Labute approximate surface area is 171 Å². The van der Waals surface area contributed by atoms with Crippen molar-refractivity contribution in [3.63, 3.8) is 0 Å². The van der Waals surface area contributed by atoms with Crippen molar-refractivity contribution in [1.82, 2.24) is 0 Å². The van der Waals surface area contributed by atoms with Crippen LogP contribution in [0.3, 0.4) is 0 Å². The Morgan fingerprint density at radius 1 is 0.833 bits per heavy atom. The first-order valence-electron chi connectivity index (χ1n) is 8.92. The van der Waals surface area contributed by atoms with E-state index < -0.39 is 16.6 Å². The largest absolute Gasteiger partial charge is 0.326 e. The second-order valence-corrected chi connectivity index (χ2v) is 6.39. The fourth-order valence-corrected chi connectivity index (χ4v) is 2.79. The van der Waals surface area contributed by atoms with Gasteiger partial charge in [0.15, 0.2) is 5.78 Å². The van der Waals surface area contributed by atoms with Gasteiger partial charge in [0.05, 0.1) is 16.2 Å². The first kappa shape index (κ1) is 20.4. The summed E-state index contributed by atoms with van der Waals surface area (Å²) >= 11 is 0. The molecule has 3 aromatic rings. The molecule has 3 aromatic carbocycles. The van der Waals surface area contributed by atoms with Gasteiger partial charge in [0.25, 0.3) is 11.6 Å². The van der Waals surface area contributed by atoms with E-state index in [0.717, 1.165) is 6.07 Å². The smallest absolute Gasteiger partial charge is 0.270 e. The molecular formula is C22H17N3O5. The Kier molecular flexibility index (Phi) is 5.97. The third-order valence-corrected chi connectivity index (χ3v) is 4.21. The molecule has 0 radical (unpaired) electrons. The molecular weight excluding hydrogens is 386 g/mol. The Balaban J connectivity index is 1.91. The summed E-state index contributed by atoms with van der Waals surface area (Å²) in [5, 5.41) is 16.4. The Bertz CT molecular complexity index is 1130. The van der Waals surface area contributed by atoms with E-state index in [1.54, 1.807) is 42.5 Å². The number of rotatable bonds is 6. The van der Waals surface area contributed by atoms with Crippen LogP contribution in [0.5, 0.6) is 0 Å². The fraction of sp³-hybridized carbons (Fsp3) is 0.0455. The number of non-ortho nitro benzene ring substituents is 1. The molecule has 2 N–H and O–H groups in total. The maximum Gasteiger partial charge on any atom is 0.270 e. The lowest BCUT2D eigenvalue weighted by molar-refractivity contribution is -0.384. The number of ketones is 1. The number of carbonyl (C=O) groups excluding carboxylic acids is 3. The molecule has 0 fully saturated rings. The zero-order chi connectivity index (χ0) is 21.7. The lowest BCUT2D eigenvalue weighted by atomic mass is 10.0. The summed E-state index contributed by atoms with van der Waals surface area (Å²) < 4.78 is 0. The number of hydrogen-bond donors (Lipinski definition) is 2. The molecule has 30 heavy (non-hydrogen) atoms. The summed E-state index contributed by atoms with van der Waals surface area (Å²) in [5.41, 5.74) is 1.08.